The molecule has 2 aromatic carbocycles. The number of carboxylic acids is 1. The van der Waals surface area contributed by atoms with E-state index in [1.54, 1.807) is 30.3 Å². The Kier molecular flexibility index (Phi) is 5.34. The summed E-state index contributed by atoms with van der Waals surface area (Å²) in [6.07, 6.45) is 0.0877. The third kappa shape index (κ3) is 3.87. The van der Waals surface area contributed by atoms with Crippen LogP contribution in [0.4, 0.5) is 0 Å². The fraction of sp³-hybridized carbons (Fsp3) is 0.235. The molecule has 2 N–H and O–H groups in total. The molecule has 2 rings (SSSR count). The smallest absolute Gasteiger partial charge is 0.311 e. The van der Waals surface area contributed by atoms with Crippen molar-refractivity contribution in [3.63, 3.8) is 0 Å². The van der Waals surface area contributed by atoms with E-state index in [-0.39, 0.29) is 12.2 Å². The van der Waals surface area contributed by atoms with Gasteiger partial charge < -0.3 is 19.7 Å². The standard InChI is InChI=1S/C17H17ClO5/c1-22-12-4-5-13(16(9-12)23-2)14(17(20)21)8-10-7-11(18)3-6-15(10)19/h3-7,9,14,19H,8H2,1-2H3,(H,20,21). The Morgan fingerprint density at radius 2 is 1.91 bits per heavy atom. The Hall–Kier alpha value is -2.40. The van der Waals surface area contributed by atoms with Crippen LogP contribution in [0, 0.1) is 0 Å². The molecular weight excluding hydrogens is 320 g/mol. The molecule has 5 nitrogen and oxygen atoms in total. The largest absolute Gasteiger partial charge is 0.508 e. The van der Waals surface area contributed by atoms with Crippen LogP contribution in [-0.4, -0.2) is 30.4 Å². The first-order valence-electron chi connectivity index (χ1n) is 6.88. The van der Waals surface area contributed by atoms with Crippen molar-refractivity contribution in [3.8, 4) is 17.2 Å². The molecule has 2 aromatic rings. The number of methoxy groups -OCH3 is 2. The summed E-state index contributed by atoms with van der Waals surface area (Å²) < 4.78 is 10.4. The number of carbonyl (C=O) groups is 1. The molecule has 1 unspecified atom stereocenters. The van der Waals surface area contributed by atoms with Crippen LogP contribution in [-0.2, 0) is 11.2 Å². The predicted molar refractivity (Wildman–Crippen MR) is 86.7 cm³/mol. The zero-order valence-corrected chi connectivity index (χ0v) is 13.5. The quantitative estimate of drug-likeness (QED) is 0.844. The lowest BCUT2D eigenvalue weighted by molar-refractivity contribution is -0.138. The number of rotatable bonds is 6. The minimum Gasteiger partial charge on any atom is -0.508 e. The molecule has 23 heavy (non-hydrogen) atoms. The zero-order chi connectivity index (χ0) is 17.0. The summed E-state index contributed by atoms with van der Waals surface area (Å²) in [5.41, 5.74) is 0.961. The molecule has 0 aliphatic rings. The number of aromatic hydroxyl groups is 1. The van der Waals surface area contributed by atoms with Crippen molar-refractivity contribution in [3.05, 3.63) is 52.5 Å². The van der Waals surface area contributed by atoms with E-state index in [9.17, 15) is 15.0 Å². The second-order valence-corrected chi connectivity index (χ2v) is 5.41. The maximum absolute atomic E-state index is 11.7. The predicted octanol–water partition coefficient (Wildman–Crippen LogP) is 3.47. The average Bonchev–Trinajstić information content (AvgIpc) is 2.54. The van der Waals surface area contributed by atoms with Crippen LogP contribution in [0.5, 0.6) is 17.2 Å². The van der Waals surface area contributed by atoms with Gasteiger partial charge in [0.25, 0.3) is 0 Å². The molecule has 122 valence electrons. The first kappa shape index (κ1) is 17.0. The molecule has 0 amide bonds. The van der Waals surface area contributed by atoms with Crippen LogP contribution < -0.4 is 9.47 Å². The first-order chi connectivity index (χ1) is 11.0. The SMILES string of the molecule is COc1ccc(C(Cc2cc(Cl)ccc2O)C(=O)O)c(OC)c1. The van der Waals surface area contributed by atoms with E-state index in [4.69, 9.17) is 21.1 Å². The van der Waals surface area contributed by atoms with E-state index in [2.05, 4.69) is 0 Å². The highest BCUT2D eigenvalue weighted by Crippen LogP contribution is 2.35. The van der Waals surface area contributed by atoms with Crippen LogP contribution in [0.1, 0.15) is 17.0 Å². The normalized spacial score (nSPS) is 11.8. The lowest BCUT2D eigenvalue weighted by Crippen LogP contribution is -2.15. The van der Waals surface area contributed by atoms with Crippen LogP contribution in [0.15, 0.2) is 36.4 Å². The summed E-state index contributed by atoms with van der Waals surface area (Å²) >= 11 is 5.92. The number of carboxylic acid groups (broad SMARTS) is 1. The summed E-state index contributed by atoms with van der Waals surface area (Å²) in [6, 6.07) is 9.50. The second kappa shape index (κ2) is 7.24. The van der Waals surface area contributed by atoms with Gasteiger partial charge in [0.1, 0.15) is 17.2 Å². The number of hydrogen-bond donors (Lipinski definition) is 2. The second-order valence-electron chi connectivity index (χ2n) is 4.98. The van der Waals surface area contributed by atoms with E-state index in [1.165, 1.54) is 20.3 Å². The van der Waals surface area contributed by atoms with Gasteiger partial charge in [0.05, 0.1) is 20.1 Å². The highest BCUT2D eigenvalue weighted by atomic mass is 35.5. The van der Waals surface area contributed by atoms with Gasteiger partial charge in [0.15, 0.2) is 0 Å². The van der Waals surface area contributed by atoms with Crippen molar-refractivity contribution in [2.45, 2.75) is 12.3 Å². The van der Waals surface area contributed by atoms with Crippen LogP contribution in [0.2, 0.25) is 5.02 Å². The number of halogens is 1. The van der Waals surface area contributed by atoms with Crippen LogP contribution in [0.3, 0.4) is 0 Å². The summed E-state index contributed by atoms with van der Waals surface area (Å²) in [7, 11) is 2.99. The highest BCUT2D eigenvalue weighted by Gasteiger charge is 2.25. The van der Waals surface area contributed by atoms with Gasteiger partial charge in [0.2, 0.25) is 0 Å². The fourth-order valence-electron chi connectivity index (χ4n) is 2.37. The fourth-order valence-corrected chi connectivity index (χ4v) is 2.57. The number of aliphatic carboxylic acids is 1. The third-order valence-corrected chi connectivity index (χ3v) is 3.81. The number of benzene rings is 2. The summed E-state index contributed by atoms with van der Waals surface area (Å²) in [5.74, 6) is -0.917. The number of hydrogen-bond acceptors (Lipinski definition) is 4. The molecule has 0 saturated carbocycles. The molecule has 0 saturated heterocycles. The Morgan fingerprint density at radius 3 is 2.52 bits per heavy atom. The molecule has 0 fully saturated rings. The van der Waals surface area contributed by atoms with Crippen molar-refractivity contribution in [1.82, 2.24) is 0 Å². The lowest BCUT2D eigenvalue weighted by atomic mass is 9.91. The molecule has 0 spiro atoms. The molecule has 0 bridgehead atoms. The molecule has 0 aromatic heterocycles. The lowest BCUT2D eigenvalue weighted by Gasteiger charge is -2.17. The molecule has 0 heterocycles. The van der Waals surface area contributed by atoms with Gasteiger partial charge in [-0.2, -0.15) is 0 Å². The maximum atomic E-state index is 11.7. The van der Waals surface area contributed by atoms with Crippen molar-refractivity contribution in [2.24, 2.45) is 0 Å². The van der Waals surface area contributed by atoms with E-state index >= 15 is 0 Å². The van der Waals surface area contributed by atoms with Gasteiger partial charge in [-0.15, -0.1) is 0 Å². The summed E-state index contributed by atoms with van der Waals surface area (Å²) in [5, 5.41) is 19.9. The molecular formula is C17H17ClO5. The average molecular weight is 337 g/mol. The zero-order valence-electron chi connectivity index (χ0n) is 12.7. The molecule has 0 aliphatic carbocycles. The molecule has 1 atom stereocenters. The van der Waals surface area contributed by atoms with E-state index < -0.39 is 11.9 Å². The summed E-state index contributed by atoms with van der Waals surface area (Å²) in [6.45, 7) is 0. The van der Waals surface area contributed by atoms with Crippen molar-refractivity contribution >= 4 is 17.6 Å². The monoisotopic (exact) mass is 336 g/mol. The van der Waals surface area contributed by atoms with Gasteiger partial charge in [-0.05, 0) is 36.2 Å². The van der Waals surface area contributed by atoms with Crippen LogP contribution >= 0.6 is 11.6 Å². The Bertz CT molecular complexity index is 714. The van der Waals surface area contributed by atoms with E-state index in [0.29, 0.717) is 27.6 Å². The van der Waals surface area contributed by atoms with E-state index in [0.717, 1.165) is 0 Å². The van der Waals surface area contributed by atoms with Gasteiger partial charge in [-0.3, -0.25) is 4.79 Å². The van der Waals surface area contributed by atoms with Crippen molar-refractivity contribution in [1.29, 1.82) is 0 Å². The van der Waals surface area contributed by atoms with Crippen molar-refractivity contribution < 1.29 is 24.5 Å². The van der Waals surface area contributed by atoms with Gasteiger partial charge in [-0.25, -0.2) is 0 Å². The minimum atomic E-state index is -1.02. The Balaban J connectivity index is 2.43. The highest BCUT2D eigenvalue weighted by molar-refractivity contribution is 6.30. The minimum absolute atomic E-state index is 0.00753. The molecule has 6 heteroatoms. The van der Waals surface area contributed by atoms with Gasteiger partial charge in [-0.1, -0.05) is 17.7 Å². The van der Waals surface area contributed by atoms with Gasteiger partial charge >= 0.3 is 5.97 Å². The Labute approximate surface area is 139 Å². The first-order valence-corrected chi connectivity index (χ1v) is 7.26. The molecule has 0 radical (unpaired) electrons. The number of phenolic OH excluding ortho intramolecular Hbond substituents is 1. The summed E-state index contributed by atoms with van der Waals surface area (Å²) in [4.78, 5) is 11.7. The Morgan fingerprint density at radius 1 is 1.17 bits per heavy atom. The van der Waals surface area contributed by atoms with Crippen molar-refractivity contribution in [2.75, 3.05) is 14.2 Å². The molecule has 0 aliphatic heterocycles. The number of phenols is 1. The number of ether oxygens (including phenoxy) is 2. The maximum Gasteiger partial charge on any atom is 0.311 e. The third-order valence-electron chi connectivity index (χ3n) is 3.58. The van der Waals surface area contributed by atoms with Crippen LogP contribution in [0.25, 0.3) is 0 Å². The van der Waals surface area contributed by atoms with E-state index in [1.807, 2.05) is 0 Å². The topological polar surface area (TPSA) is 76.0 Å². The van der Waals surface area contributed by atoms with Gasteiger partial charge in [0, 0.05) is 16.7 Å².